The summed E-state index contributed by atoms with van der Waals surface area (Å²) in [5, 5.41) is 3.06. The molecule has 3 rings (SSSR count). The van der Waals surface area contributed by atoms with E-state index in [1.807, 2.05) is 6.07 Å². The highest BCUT2D eigenvalue weighted by Crippen LogP contribution is 2.13. The van der Waals surface area contributed by atoms with Gasteiger partial charge in [-0.2, -0.15) is 0 Å². The Balaban J connectivity index is 1.33. The van der Waals surface area contributed by atoms with Gasteiger partial charge < -0.3 is 15.1 Å². The van der Waals surface area contributed by atoms with Crippen LogP contribution >= 0.6 is 12.2 Å². The van der Waals surface area contributed by atoms with Gasteiger partial charge >= 0.3 is 0 Å². The SMILES string of the molecule is Cc1ccc(NC(=S)NNC(=O)CC[NH+]2CCN(c3ccccc3)CC2)cc1F. The van der Waals surface area contributed by atoms with E-state index in [-0.39, 0.29) is 16.8 Å². The predicted octanol–water partition coefficient (Wildman–Crippen LogP) is 1.25. The Morgan fingerprint density at radius 3 is 2.55 bits per heavy atom. The second-order valence-corrected chi connectivity index (χ2v) is 7.57. The molecule has 0 spiro atoms. The summed E-state index contributed by atoms with van der Waals surface area (Å²) in [4.78, 5) is 15.9. The molecule has 0 unspecified atom stereocenters. The van der Waals surface area contributed by atoms with Crippen LogP contribution in [0.2, 0.25) is 0 Å². The van der Waals surface area contributed by atoms with Crippen LogP contribution in [0.15, 0.2) is 48.5 Å². The number of piperazine rings is 1. The minimum atomic E-state index is -0.308. The highest BCUT2D eigenvalue weighted by molar-refractivity contribution is 7.80. The number of nitrogens with zero attached hydrogens (tertiary/aromatic N) is 1. The number of halogens is 1. The number of thiocarbonyl (C=S) groups is 1. The third kappa shape index (κ3) is 6.40. The number of anilines is 2. The van der Waals surface area contributed by atoms with Crippen LogP contribution in [0.4, 0.5) is 15.8 Å². The average molecular weight is 417 g/mol. The molecule has 29 heavy (non-hydrogen) atoms. The number of nitrogens with one attached hydrogen (secondary N) is 4. The topological polar surface area (TPSA) is 60.8 Å². The van der Waals surface area contributed by atoms with Crippen molar-refractivity contribution in [1.82, 2.24) is 10.9 Å². The number of hydrazine groups is 1. The Bertz CT molecular complexity index is 840. The van der Waals surface area contributed by atoms with E-state index in [1.54, 1.807) is 19.1 Å². The number of hydrogen-bond acceptors (Lipinski definition) is 3. The lowest BCUT2D eigenvalue weighted by molar-refractivity contribution is -0.900. The normalized spacial score (nSPS) is 14.3. The maximum absolute atomic E-state index is 13.6. The summed E-state index contributed by atoms with van der Waals surface area (Å²) in [7, 11) is 0. The van der Waals surface area contributed by atoms with Crippen molar-refractivity contribution >= 4 is 34.6 Å². The van der Waals surface area contributed by atoms with Gasteiger partial charge in [0.05, 0.1) is 39.1 Å². The zero-order chi connectivity index (χ0) is 20.6. The zero-order valence-electron chi connectivity index (χ0n) is 16.5. The van der Waals surface area contributed by atoms with Gasteiger partial charge in [-0.25, -0.2) is 4.39 Å². The highest BCUT2D eigenvalue weighted by atomic mass is 32.1. The predicted molar refractivity (Wildman–Crippen MR) is 117 cm³/mol. The van der Waals surface area contributed by atoms with Gasteiger partial charge in [-0.1, -0.05) is 24.3 Å². The van der Waals surface area contributed by atoms with E-state index in [1.165, 1.54) is 16.7 Å². The van der Waals surface area contributed by atoms with Crippen LogP contribution in [0.25, 0.3) is 0 Å². The Morgan fingerprint density at radius 1 is 1.14 bits per heavy atom. The number of amides is 1. The van der Waals surface area contributed by atoms with Crippen LogP contribution < -0.4 is 26.0 Å². The van der Waals surface area contributed by atoms with Crippen molar-refractivity contribution in [3.05, 3.63) is 59.9 Å². The summed E-state index contributed by atoms with van der Waals surface area (Å²) in [6.07, 6.45) is 0.412. The molecule has 0 aliphatic carbocycles. The van der Waals surface area contributed by atoms with E-state index >= 15 is 0 Å². The van der Waals surface area contributed by atoms with Crippen LogP contribution in [-0.2, 0) is 4.79 Å². The lowest BCUT2D eigenvalue weighted by Gasteiger charge is -2.33. The molecule has 6 nitrogen and oxygen atoms in total. The number of quaternary nitrogens is 1. The summed E-state index contributed by atoms with van der Waals surface area (Å²) >= 11 is 5.13. The number of para-hydroxylation sites is 1. The molecule has 0 radical (unpaired) electrons. The molecule has 154 valence electrons. The van der Waals surface area contributed by atoms with Crippen molar-refractivity contribution < 1.29 is 14.1 Å². The molecular weight excluding hydrogens is 389 g/mol. The smallest absolute Gasteiger partial charge is 0.244 e. The zero-order valence-corrected chi connectivity index (χ0v) is 17.3. The molecule has 1 aliphatic rings. The molecule has 1 heterocycles. The van der Waals surface area contributed by atoms with Crippen LogP contribution in [0.5, 0.6) is 0 Å². The molecule has 0 bridgehead atoms. The highest BCUT2D eigenvalue weighted by Gasteiger charge is 2.20. The Kier molecular flexibility index (Phi) is 7.37. The lowest BCUT2D eigenvalue weighted by Crippen LogP contribution is -3.15. The number of benzene rings is 2. The number of carbonyl (C=O) groups is 1. The number of rotatable bonds is 5. The first-order valence-corrected chi connectivity index (χ1v) is 10.2. The number of aryl methyl sites for hydroxylation is 1. The van der Waals surface area contributed by atoms with Gasteiger partial charge in [0.1, 0.15) is 5.82 Å². The molecule has 0 aromatic heterocycles. The summed E-state index contributed by atoms with van der Waals surface area (Å²) in [6, 6.07) is 15.2. The fourth-order valence-electron chi connectivity index (χ4n) is 3.28. The first-order chi connectivity index (χ1) is 14.0. The molecule has 1 aliphatic heterocycles. The third-order valence-electron chi connectivity index (χ3n) is 5.04. The van der Waals surface area contributed by atoms with Crippen molar-refractivity contribution in [3.8, 4) is 0 Å². The quantitative estimate of drug-likeness (QED) is 0.437. The van der Waals surface area contributed by atoms with Gasteiger partial charge in [-0.05, 0) is 49.0 Å². The standard InChI is InChI=1S/C21H26FN5OS/c1-16-7-8-17(15-19(16)22)23-21(29)25-24-20(28)9-10-26-11-13-27(14-12-26)18-5-3-2-4-6-18/h2-8,15H,9-14H2,1H3,(H,24,28)(H2,23,25,29)/p+1. The maximum Gasteiger partial charge on any atom is 0.244 e. The Hall–Kier alpha value is -2.71. The summed E-state index contributed by atoms with van der Waals surface area (Å²) < 4.78 is 13.6. The molecule has 1 amide bonds. The molecule has 0 saturated carbocycles. The lowest BCUT2D eigenvalue weighted by atomic mass is 10.2. The summed E-state index contributed by atoms with van der Waals surface area (Å²) in [5.41, 5.74) is 7.60. The van der Waals surface area contributed by atoms with Crippen LogP contribution in [-0.4, -0.2) is 43.7 Å². The minimum Gasteiger partial charge on any atom is -0.360 e. The van der Waals surface area contributed by atoms with Crippen LogP contribution in [0.3, 0.4) is 0 Å². The minimum absolute atomic E-state index is 0.123. The molecule has 1 saturated heterocycles. The van der Waals surface area contributed by atoms with Gasteiger partial charge in [0.25, 0.3) is 0 Å². The first-order valence-electron chi connectivity index (χ1n) is 9.77. The summed E-state index contributed by atoms with van der Waals surface area (Å²) in [5.74, 6) is -0.431. The van der Waals surface area contributed by atoms with E-state index < -0.39 is 0 Å². The van der Waals surface area contributed by atoms with Gasteiger partial charge in [0.15, 0.2) is 5.11 Å². The van der Waals surface area contributed by atoms with Gasteiger partial charge in [0, 0.05) is 11.4 Å². The molecule has 2 aromatic rings. The van der Waals surface area contributed by atoms with E-state index in [2.05, 4.69) is 45.3 Å². The van der Waals surface area contributed by atoms with Crippen LogP contribution in [0.1, 0.15) is 12.0 Å². The van der Waals surface area contributed by atoms with Crippen molar-refractivity contribution in [2.45, 2.75) is 13.3 Å². The monoisotopic (exact) mass is 416 g/mol. The molecule has 1 fully saturated rings. The fraction of sp³-hybridized carbons (Fsp3) is 0.333. The molecular formula is C21H27FN5OS+. The third-order valence-corrected chi connectivity index (χ3v) is 5.25. The Morgan fingerprint density at radius 2 is 1.86 bits per heavy atom. The van der Waals surface area contributed by atoms with Gasteiger partial charge in [-0.3, -0.25) is 15.6 Å². The molecule has 0 atom stereocenters. The van der Waals surface area contributed by atoms with Crippen molar-refractivity contribution in [3.63, 3.8) is 0 Å². The molecule has 4 N–H and O–H groups in total. The average Bonchev–Trinajstić information content (AvgIpc) is 2.74. The fourth-order valence-corrected chi connectivity index (χ4v) is 3.45. The number of carbonyl (C=O) groups excluding carboxylic acids is 1. The van der Waals surface area contributed by atoms with E-state index in [0.29, 0.717) is 17.7 Å². The van der Waals surface area contributed by atoms with Crippen molar-refractivity contribution in [1.29, 1.82) is 0 Å². The largest absolute Gasteiger partial charge is 0.360 e. The van der Waals surface area contributed by atoms with E-state index in [4.69, 9.17) is 12.2 Å². The van der Waals surface area contributed by atoms with Crippen molar-refractivity contribution in [2.24, 2.45) is 0 Å². The van der Waals surface area contributed by atoms with E-state index in [9.17, 15) is 9.18 Å². The second-order valence-electron chi connectivity index (χ2n) is 7.16. The van der Waals surface area contributed by atoms with Gasteiger partial charge in [0.2, 0.25) is 5.91 Å². The van der Waals surface area contributed by atoms with Gasteiger partial charge in [-0.15, -0.1) is 0 Å². The first kappa shape index (κ1) is 21.0. The molecule has 2 aromatic carbocycles. The number of hydrogen-bond donors (Lipinski definition) is 4. The van der Waals surface area contributed by atoms with E-state index in [0.717, 1.165) is 32.7 Å². The second kappa shape index (κ2) is 10.2. The Labute approximate surface area is 176 Å². The summed E-state index contributed by atoms with van der Waals surface area (Å²) in [6.45, 7) is 6.46. The van der Waals surface area contributed by atoms with Crippen molar-refractivity contribution in [2.75, 3.05) is 42.9 Å². The maximum atomic E-state index is 13.6. The van der Waals surface area contributed by atoms with Crippen LogP contribution in [0, 0.1) is 12.7 Å². The molecule has 8 heteroatoms.